The minimum atomic E-state index is -0.0272. The summed E-state index contributed by atoms with van der Waals surface area (Å²) in [5, 5.41) is 4.16. The van der Waals surface area contributed by atoms with Gasteiger partial charge in [0.05, 0.1) is 11.2 Å². The van der Waals surface area contributed by atoms with Crippen molar-refractivity contribution in [2.75, 3.05) is 62.6 Å². The van der Waals surface area contributed by atoms with Crippen molar-refractivity contribution in [3.8, 4) is 5.75 Å². The Labute approximate surface area is 225 Å². The molecule has 1 N–H and O–H groups in total. The third-order valence-corrected chi connectivity index (χ3v) is 8.27. The Morgan fingerprint density at radius 2 is 1.63 bits per heavy atom. The van der Waals surface area contributed by atoms with Crippen LogP contribution in [0.15, 0.2) is 48.8 Å². The van der Waals surface area contributed by atoms with Gasteiger partial charge in [-0.3, -0.25) is 4.90 Å². The molecule has 3 saturated heterocycles. The molecule has 0 unspecified atom stereocenters. The highest BCUT2D eigenvalue weighted by molar-refractivity contribution is 5.89. The molecule has 0 spiro atoms. The monoisotopic (exact) mass is 514 g/mol. The summed E-state index contributed by atoms with van der Waals surface area (Å²) in [6.45, 7) is 7.72. The zero-order valence-corrected chi connectivity index (χ0v) is 22.1. The number of rotatable bonds is 7. The summed E-state index contributed by atoms with van der Waals surface area (Å²) in [4.78, 5) is 28.9. The molecule has 3 aromatic rings. The zero-order chi connectivity index (χ0) is 25.7. The SMILES string of the molecule is O=C(Nc1ccc(N2CCCC2)cc1)N1CCC(c2ncnc3cc(OCCN4CCCC4)ccc23)CC1. The highest BCUT2D eigenvalue weighted by Gasteiger charge is 2.26. The summed E-state index contributed by atoms with van der Waals surface area (Å²) in [5.41, 5.74) is 4.09. The lowest BCUT2D eigenvalue weighted by molar-refractivity contribution is 0.194. The van der Waals surface area contributed by atoms with Crippen molar-refractivity contribution in [3.05, 3.63) is 54.5 Å². The van der Waals surface area contributed by atoms with Crippen molar-refractivity contribution in [2.24, 2.45) is 0 Å². The van der Waals surface area contributed by atoms with Crippen LogP contribution in [0.5, 0.6) is 5.75 Å². The molecule has 38 heavy (non-hydrogen) atoms. The van der Waals surface area contributed by atoms with Gasteiger partial charge in [0.1, 0.15) is 18.7 Å². The molecule has 0 radical (unpaired) electrons. The topological polar surface area (TPSA) is 73.8 Å². The molecule has 1 aromatic heterocycles. The number of hydrogen-bond donors (Lipinski definition) is 1. The van der Waals surface area contributed by atoms with Crippen molar-refractivity contribution in [1.82, 2.24) is 19.8 Å². The largest absolute Gasteiger partial charge is 0.492 e. The molecule has 2 amide bonds. The standard InChI is InChI=1S/C30H38N6O2/c37-30(33-24-5-7-25(8-6-24)35-15-3-4-16-35)36-17-11-23(12-18-36)29-27-10-9-26(21-28(27)31-22-32-29)38-20-19-34-13-1-2-14-34/h5-10,21-23H,1-4,11-20H2,(H,33,37). The van der Waals surface area contributed by atoms with Crippen LogP contribution in [0.4, 0.5) is 16.2 Å². The van der Waals surface area contributed by atoms with Gasteiger partial charge in [0.15, 0.2) is 0 Å². The maximum atomic E-state index is 12.9. The van der Waals surface area contributed by atoms with Gasteiger partial charge in [-0.25, -0.2) is 14.8 Å². The van der Waals surface area contributed by atoms with E-state index >= 15 is 0 Å². The zero-order valence-electron chi connectivity index (χ0n) is 22.1. The van der Waals surface area contributed by atoms with Gasteiger partial charge < -0.3 is 19.9 Å². The molecule has 3 aliphatic rings. The van der Waals surface area contributed by atoms with E-state index in [9.17, 15) is 4.79 Å². The average Bonchev–Trinajstić information content (AvgIpc) is 3.68. The first kappa shape index (κ1) is 24.9. The van der Waals surface area contributed by atoms with E-state index in [0.29, 0.717) is 25.6 Å². The van der Waals surface area contributed by atoms with Crippen molar-refractivity contribution in [3.63, 3.8) is 0 Å². The first-order valence-electron chi connectivity index (χ1n) is 14.2. The summed E-state index contributed by atoms with van der Waals surface area (Å²) in [6.07, 6.45) is 8.55. The Bertz CT molecular complexity index is 1230. The number of anilines is 2. The Morgan fingerprint density at radius 3 is 2.39 bits per heavy atom. The average molecular weight is 515 g/mol. The highest BCUT2D eigenvalue weighted by atomic mass is 16.5. The van der Waals surface area contributed by atoms with Crippen LogP contribution in [0.3, 0.4) is 0 Å². The molecule has 8 heteroatoms. The van der Waals surface area contributed by atoms with Gasteiger partial charge in [-0.05, 0) is 88.0 Å². The number of nitrogens with zero attached hydrogens (tertiary/aromatic N) is 5. The summed E-state index contributed by atoms with van der Waals surface area (Å²) >= 11 is 0. The number of amides is 2. The van der Waals surface area contributed by atoms with Crippen LogP contribution in [0.25, 0.3) is 10.9 Å². The van der Waals surface area contributed by atoms with Crippen molar-refractivity contribution >= 4 is 28.3 Å². The molecular formula is C30H38N6O2. The van der Waals surface area contributed by atoms with E-state index < -0.39 is 0 Å². The molecule has 3 aliphatic heterocycles. The van der Waals surface area contributed by atoms with Gasteiger partial charge in [0, 0.05) is 61.5 Å². The van der Waals surface area contributed by atoms with E-state index in [1.165, 1.54) is 44.5 Å². The van der Waals surface area contributed by atoms with Crippen LogP contribution in [0, 0.1) is 0 Å². The molecule has 0 aliphatic carbocycles. The number of piperidine rings is 1. The van der Waals surface area contributed by atoms with E-state index in [-0.39, 0.29) is 6.03 Å². The predicted octanol–water partition coefficient (Wildman–Crippen LogP) is 5.12. The number of ether oxygens (including phenoxy) is 1. The van der Waals surface area contributed by atoms with Crippen molar-refractivity contribution < 1.29 is 9.53 Å². The molecule has 4 heterocycles. The Kier molecular flexibility index (Phi) is 7.58. The van der Waals surface area contributed by atoms with Gasteiger partial charge in [-0.2, -0.15) is 0 Å². The second-order valence-corrected chi connectivity index (χ2v) is 10.8. The van der Waals surface area contributed by atoms with Gasteiger partial charge in [0.25, 0.3) is 0 Å². The number of hydrogen-bond acceptors (Lipinski definition) is 6. The highest BCUT2D eigenvalue weighted by Crippen LogP contribution is 2.32. The quantitative estimate of drug-likeness (QED) is 0.472. The van der Waals surface area contributed by atoms with Crippen LogP contribution in [-0.4, -0.2) is 78.2 Å². The van der Waals surface area contributed by atoms with E-state index in [1.807, 2.05) is 29.2 Å². The number of aromatic nitrogens is 2. The Morgan fingerprint density at radius 1 is 0.895 bits per heavy atom. The molecule has 0 saturated carbocycles. The molecule has 3 fully saturated rings. The van der Waals surface area contributed by atoms with Gasteiger partial charge in [-0.15, -0.1) is 0 Å². The van der Waals surface area contributed by atoms with E-state index in [2.05, 4.69) is 43.3 Å². The molecule has 200 valence electrons. The van der Waals surface area contributed by atoms with Crippen LogP contribution in [-0.2, 0) is 0 Å². The summed E-state index contributed by atoms with van der Waals surface area (Å²) < 4.78 is 6.03. The van der Waals surface area contributed by atoms with Crippen LogP contribution in [0.2, 0.25) is 0 Å². The number of carbonyl (C=O) groups is 1. The minimum Gasteiger partial charge on any atom is -0.492 e. The van der Waals surface area contributed by atoms with Gasteiger partial charge in [-0.1, -0.05) is 0 Å². The smallest absolute Gasteiger partial charge is 0.321 e. The third kappa shape index (κ3) is 5.70. The summed E-state index contributed by atoms with van der Waals surface area (Å²) in [7, 11) is 0. The number of urea groups is 1. The maximum Gasteiger partial charge on any atom is 0.321 e. The number of likely N-dealkylation sites (tertiary alicyclic amines) is 2. The fourth-order valence-electron chi connectivity index (χ4n) is 6.06. The number of carbonyl (C=O) groups excluding carboxylic acids is 1. The third-order valence-electron chi connectivity index (χ3n) is 8.27. The van der Waals surface area contributed by atoms with Crippen molar-refractivity contribution in [1.29, 1.82) is 0 Å². The molecular weight excluding hydrogens is 476 g/mol. The van der Waals surface area contributed by atoms with Crippen LogP contribution >= 0.6 is 0 Å². The fourth-order valence-corrected chi connectivity index (χ4v) is 6.06. The van der Waals surface area contributed by atoms with Crippen LogP contribution in [0.1, 0.15) is 50.1 Å². The first-order valence-corrected chi connectivity index (χ1v) is 14.2. The maximum absolute atomic E-state index is 12.9. The van der Waals surface area contributed by atoms with E-state index in [0.717, 1.165) is 60.5 Å². The molecule has 0 bridgehead atoms. The normalized spacial score (nSPS) is 18.8. The minimum absolute atomic E-state index is 0.0272. The second-order valence-electron chi connectivity index (χ2n) is 10.8. The molecule has 6 rings (SSSR count). The Balaban J connectivity index is 1.03. The number of fused-ring (bicyclic) bond motifs is 1. The lowest BCUT2D eigenvalue weighted by Crippen LogP contribution is -2.40. The number of nitrogens with one attached hydrogen (secondary N) is 1. The lowest BCUT2D eigenvalue weighted by atomic mass is 9.91. The molecule has 0 atom stereocenters. The predicted molar refractivity (Wildman–Crippen MR) is 151 cm³/mol. The van der Waals surface area contributed by atoms with E-state index in [1.54, 1.807) is 6.33 Å². The summed E-state index contributed by atoms with van der Waals surface area (Å²) in [5.74, 6) is 1.17. The van der Waals surface area contributed by atoms with Gasteiger partial charge >= 0.3 is 6.03 Å². The lowest BCUT2D eigenvalue weighted by Gasteiger charge is -2.32. The molecule has 2 aromatic carbocycles. The number of benzene rings is 2. The first-order chi connectivity index (χ1) is 18.7. The summed E-state index contributed by atoms with van der Waals surface area (Å²) in [6, 6.07) is 14.4. The van der Waals surface area contributed by atoms with E-state index in [4.69, 9.17) is 4.74 Å². The van der Waals surface area contributed by atoms with Crippen molar-refractivity contribution in [2.45, 2.75) is 44.4 Å². The fraction of sp³-hybridized carbons (Fsp3) is 0.500. The molecule has 8 nitrogen and oxygen atoms in total. The van der Waals surface area contributed by atoms with Crippen LogP contribution < -0.4 is 15.0 Å². The second kappa shape index (κ2) is 11.6. The van der Waals surface area contributed by atoms with Gasteiger partial charge in [0.2, 0.25) is 0 Å². The Hall–Kier alpha value is -3.39.